The fourth-order valence-electron chi connectivity index (χ4n) is 1.85. The molecule has 0 spiro atoms. The van der Waals surface area contributed by atoms with Crippen molar-refractivity contribution in [2.45, 2.75) is 6.92 Å². The zero-order chi connectivity index (χ0) is 18.4. The van der Waals surface area contributed by atoms with Crippen LogP contribution in [0.2, 0.25) is 5.02 Å². The Balaban J connectivity index is 1.94. The molecular formula is C18H16ClNO5. The van der Waals surface area contributed by atoms with Crippen LogP contribution in [-0.4, -0.2) is 29.4 Å². The SMILES string of the molecule is CC(COc1ccc(NC(=O)C(=O)c2ccc(Cl)cc2)cc1)C(=O)O. The lowest BCUT2D eigenvalue weighted by Gasteiger charge is -2.10. The molecule has 1 unspecified atom stereocenters. The van der Waals surface area contributed by atoms with E-state index in [9.17, 15) is 14.4 Å². The van der Waals surface area contributed by atoms with Crippen LogP contribution in [0.1, 0.15) is 17.3 Å². The molecule has 2 N–H and O–H groups in total. The second-order valence-corrected chi connectivity index (χ2v) is 5.80. The van der Waals surface area contributed by atoms with Crippen molar-refractivity contribution >= 4 is 34.9 Å². The second kappa shape index (κ2) is 8.30. The minimum Gasteiger partial charge on any atom is -0.493 e. The highest BCUT2D eigenvalue weighted by Crippen LogP contribution is 2.17. The van der Waals surface area contributed by atoms with Gasteiger partial charge in [-0.05, 0) is 55.5 Å². The molecule has 0 heterocycles. The number of carbonyl (C=O) groups is 3. The lowest BCUT2D eigenvalue weighted by Crippen LogP contribution is -2.22. The smallest absolute Gasteiger partial charge is 0.309 e. The van der Waals surface area contributed by atoms with E-state index in [1.165, 1.54) is 24.3 Å². The van der Waals surface area contributed by atoms with E-state index in [0.29, 0.717) is 16.5 Å². The molecule has 0 saturated heterocycles. The van der Waals surface area contributed by atoms with E-state index >= 15 is 0 Å². The average molecular weight is 362 g/mol. The highest BCUT2D eigenvalue weighted by atomic mass is 35.5. The fourth-order valence-corrected chi connectivity index (χ4v) is 1.97. The maximum absolute atomic E-state index is 12.0. The van der Waals surface area contributed by atoms with Crippen molar-refractivity contribution in [3.05, 3.63) is 59.1 Å². The van der Waals surface area contributed by atoms with Crippen LogP contribution >= 0.6 is 11.6 Å². The number of rotatable bonds is 7. The van der Waals surface area contributed by atoms with Gasteiger partial charge in [-0.25, -0.2) is 0 Å². The first-order valence-corrected chi connectivity index (χ1v) is 7.81. The number of hydrogen-bond donors (Lipinski definition) is 2. The average Bonchev–Trinajstić information content (AvgIpc) is 2.60. The van der Waals surface area contributed by atoms with E-state index in [4.69, 9.17) is 21.4 Å². The van der Waals surface area contributed by atoms with Gasteiger partial charge in [0.05, 0.1) is 5.92 Å². The Morgan fingerprint density at radius 1 is 1.08 bits per heavy atom. The van der Waals surface area contributed by atoms with Crippen molar-refractivity contribution in [3.63, 3.8) is 0 Å². The summed E-state index contributed by atoms with van der Waals surface area (Å²) in [6, 6.07) is 12.3. The first-order chi connectivity index (χ1) is 11.9. The number of carboxylic acid groups (broad SMARTS) is 1. The van der Waals surface area contributed by atoms with Crippen LogP contribution in [0.4, 0.5) is 5.69 Å². The van der Waals surface area contributed by atoms with E-state index in [1.807, 2.05) is 0 Å². The third-order valence-corrected chi connectivity index (χ3v) is 3.60. The Labute approximate surface area is 149 Å². The van der Waals surface area contributed by atoms with Crippen LogP contribution in [0.5, 0.6) is 5.75 Å². The normalized spacial score (nSPS) is 11.4. The van der Waals surface area contributed by atoms with E-state index in [-0.39, 0.29) is 12.2 Å². The number of hydrogen-bond acceptors (Lipinski definition) is 4. The molecular weight excluding hydrogens is 346 g/mol. The van der Waals surface area contributed by atoms with Gasteiger partial charge in [0.1, 0.15) is 12.4 Å². The Bertz CT molecular complexity index is 771. The summed E-state index contributed by atoms with van der Waals surface area (Å²) in [4.78, 5) is 34.7. The molecule has 2 aromatic rings. The number of anilines is 1. The first kappa shape index (κ1) is 18.5. The number of nitrogens with one attached hydrogen (secondary N) is 1. The van der Waals surface area contributed by atoms with Gasteiger partial charge in [-0.1, -0.05) is 11.6 Å². The number of aliphatic carboxylic acids is 1. The molecule has 0 aromatic heterocycles. The minimum absolute atomic E-state index is 0.0378. The number of carboxylic acids is 1. The highest BCUT2D eigenvalue weighted by Gasteiger charge is 2.16. The lowest BCUT2D eigenvalue weighted by molar-refractivity contribution is -0.142. The zero-order valence-electron chi connectivity index (χ0n) is 13.4. The van der Waals surface area contributed by atoms with Crippen LogP contribution < -0.4 is 10.1 Å². The summed E-state index contributed by atoms with van der Waals surface area (Å²) in [6.45, 7) is 1.58. The molecule has 1 atom stereocenters. The second-order valence-electron chi connectivity index (χ2n) is 5.36. The molecule has 7 heteroatoms. The van der Waals surface area contributed by atoms with Crippen molar-refractivity contribution in [1.29, 1.82) is 0 Å². The minimum atomic E-state index is -0.940. The molecule has 0 saturated carbocycles. The molecule has 0 fully saturated rings. The van der Waals surface area contributed by atoms with Crippen molar-refractivity contribution in [2.24, 2.45) is 5.92 Å². The molecule has 2 aromatic carbocycles. The van der Waals surface area contributed by atoms with E-state index in [2.05, 4.69) is 5.32 Å². The van der Waals surface area contributed by atoms with Gasteiger partial charge in [-0.2, -0.15) is 0 Å². The van der Waals surface area contributed by atoms with Gasteiger partial charge in [0, 0.05) is 16.3 Å². The van der Waals surface area contributed by atoms with E-state index in [1.54, 1.807) is 31.2 Å². The maximum atomic E-state index is 12.0. The molecule has 0 aliphatic carbocycles. The third kappa shape index (κ3) is 5.32. The van der Waals surface area contributed by atoms with Gasteiger partial charge in [-0.3, -0.25) is 14.4 Å². The lowest BCUT2D eigenvalue weighted by atomic mass is 10.1. The number of carbonyl (C=O) groups excluding carboxylic acids is 2. The monoisotopic (exact) mass is 361 g/mol. The molecule has 130 valence electrons. The molecule has 6 nitrogen and oxygen atoms in total. The molecule has 0 radical (unpaired) electrons. The molecule has 1 amide bonds. The van der Waals surface area contributed by atoms with Crippen LogP contribution in [-0.2, 0) is 9.59 Å². The van der Waals surface area contributed by atoms with Gasteiger partial charge in [0.25, 0.3) is 11.7 Å². The Morgan fingerprint density at radius 2 is 1.68 bits per heavy atom. The van der Waals surface area contributed by atoms with Crippen LogP contribution in [0.15, 0.2) is 48.5 Å². The Morgan fingerprint density at radius 3 is 2.24 bits per heavy atom. The standard InChI is InChI=1S/C18H16ClNO5/c1-11(18(23)24)10-25-15-8-6-14(7-9-15)20-17(22)16(21)12-2-4-13(19)5-3-12/h2-9,11H,10H2,1H3,(H,20,22)(H,23,24). The summed E-state index contributed by atoms with van der Waals surface area (Å²) in [5, 5.41) is 11.8. The molecule has 0 bridgehead atoms. The maximum Gasteiger partial charge on any atom is 0.309 e. The van der Waals surface area contributed by atoms with Gasteiger partial charge >= 0.3 is 5.97 Å². The summed E-state index contributed by atoms with van der Waals surface area (Å²) in [5.74, 6) is -2.54. The zero-order valence-corrected chi connectivity index (χ0v) is 14.1. The largest absolute Gasteiger partial charge is 0.493 e. The van der Waals surface area contributed by atoms with Crippen molar-refractivity contribution in [2.75, 3.05) is 11.9 Å². The summed E-state index contributed by atoms with van der Waals surface area (Å²) >= 11 is 5.75. The summed E-state index contributed by atoms with van der Waals surface area (Å²) in [6.07, 6.45) is 0. The van der Waals surface area contributed by atoms with Gasteiger partial charge in [0.15, 0.2) is 0 Å². The molecule has 2 rings (SSSR count). The number of ether oxygens (including phenoxy) is 1. The predicted molar refractivity (Wildman–Crippen MR) is 93.1 cm³/mol. The van der Waals surface area contributed by atoms with Crippen molar-refractivity contribution in [3.8, 4) is 5.75 Å². The first-order valence-electron chi connectivity index (χ1n) is 7.43. The van der Waals surface area contributed by atoms with Gasteiger partial charge in [-0.15, -0.1) is 0 Å². The Hall–Kier alpha value is -2.86. The van der Waals surface area contributed by atoms with Crippen LogP contribution in [0.25, 0.3) is 0 Å². The number of benzene rings is 2. The topological polar surface area (TPSA) is 92.7 Å². The summed E-state index contributed by atoms with van der Waals surface area (Å²) in [5.41, 5.74) is 0.662. The number of ketones is 1. The third-order valence-electron chi connectivity index (χ3n) is 3.35. The van der Waals surface area contributed by atoms with E-state index < -0.39 is 23.6 Å². The predicted octanol–water partition coefficient (Wildman–Crippen LogP) is 3.26. The van der Waals surface area contributed by atoms with Crippen LogP contribution in [0.3, 0.4) is 0 Å². The van der Waals surface area contributed by atoms with E-state index in [0.717, 1.165) is 0 Å². The van der Waals surface area contributed by atoms with Gasteiger partial charge < -0.3 is 15.2 Å². The Kier molecular flexibility index (Phi) is 6.14. The number of Topliss-reactive ketones (excluding diaryl/α,β-unsaturated/α-hetero) is 1. The number of halogens is 1. The quantitative estimate of drug-likeness (QED) is 0.583. The van der Waals surface area contributed by atoms with Crippen LogP contribution in [0, 0.1) is 5.92 Å². The molecule has 0 aliphatic rings. The highest BCUT2D eigenvalue weighted by molar-refractivity contribution is 6.46. The molecule has 0 aliphatic heterocycles. The summed E-state index contributed by atoms with van der Waals surface area (Å²) < 4.78 is 5.34. The fraction of sp³-hybridized carbons (Fsp3) is 0.167. The van der Waals surface area contributed by atoms with Crippen molar-refractivity contribution in [1.82, 2.24) is 0 Å². The van der Waals surface area contributed by atoms with Crippen molar-refractivity contribution < 1.29 is 24.2 Å². The summed E-state index contributed by atoms with van der Waals surface area (Å²) in [7, 11) is 0. The number of amides is 1. The van der Waals surface area contributed by atoms with Gasteiger partial charge in [0.2, 0.25) is 0 Å². The molecule has 25 heavy (non-hydrogen) atoms.